The summed E-state index contributed by atoms with van der Waals surface area (Å²) in [5.41, 5.74) is 1.47. The lowest BCUT2D eigenvalue weighted by atomic mass is 10.0. The van der Waals surface area contributed by atoms with Crippen LogP contribution in [0.2, 0.25) is 0 Å². The molecule has 2 aliphatic rings. The fourth-order valence-electron chi connectivity index (χ4n) is 5.18. The fourth-order valence-corrected chi connectivity index (χ4v) is 5.18. The van der Waals surface area contributed by atoms with E-state index in [9.17, 15) is 9.59 Å². The van der Waals surface area contributed by atoms with Crippen molar-refractivity contribution in [1.29, 1.82) is 0 Å². The van der Waals surface area contributed by atoms with Crippen molar-refractivity contribution in [3.63, 3.8) is 0 Å². The van der Waals surface area contributed by atoms with Gasteiger partial charge in [-0.05, 0) is 59.5 Å². The quantitative estimate of drug-likeness (QED) is 0.305. The number of benzene rings is 3. The van der Waals surface area contributed by atoms with Crippen LogP contribution in [0.15, 0.2) is 83.5 Å². The summed E-state index contributed by atoms with van der Waals surface area (Å²) in [5, 5.41) is 1.84. The number of nitrogens with zero attached hydrogens (tertiary/aromatic N) is 2. The van der Waals surface area contributed by atoms with E-state index in [2.05, 4.69) is 0 Å². The van der Waals surface area contributed by atoms with E-state index in [0.29, 0.717) is 42.5 Å². The first-order valence-electron chi connectivity index (χ1n) is 13.2. The van der Waals surface area contributed by atoms with Crippen LogP contribution in [-0.4, -0.2) is 54.2 Å². The van der Waals surface area contributed by atoms with Gasteiger partial charge in [0.2, 0.25) is 12.7 Å². The molecule has 8 nitrogen and oxygen atoms in total. The highest BCUT2D eigenvalue weighted by Gasteiger charge is 2.28. The van der Waals surface area contributed by atoms with E-state index < -0.39 is 0 Å². The van der Waals surface area contributed by atoms with Crippen LogP contribution in [0, 0.1) is 0 Å². The molecule has 0 N–H and O–H groups in total. The number of furan rings is 1. The van der Waals surface area contributed by atoms with Gasteiger partial charge in [0.25, 0.3) is 5.91 Å². The van der Waals surface area contributed by atoms with Gasteiger partial charge in [-0.2, -0.15) is 0 Å². The van der Waals surface area contributed by atoms with Gasteiger partial charge in [0.05, 0.1) is 18.9 Å². The molecular formula is C31H30N2O6. The molecule has 4 aromatic rings. The Balaban J connectivity index is 1.27. The van der Waals surface area contributed by atoms with Crippen molar-refractivity contribution in [2.45, 2.75) is 32.0 Å². The normalized spacial score (nSPS) is 15.9. The van der Waals surface area contributed by atoms with E-state index in [1.165, 1.54) is 0 Å². The molecule has 1 fully saturated rings. The second-order valence-electron chi connectivity index (χ2n) is 9.86. The first kappa shape index (κ1) is 25.0. The van der Waals surface area contributed by atoms with Crippen LogP contribution >= 0.6 is 0 Å². The number of carbonyl (C=O) groups is 2. The number of fused-ring (bicyclic) bond motifs is 2. The van der Waals surface area contributed by atoms with Crippen molar-refractivity contribution in [2.75, 3.05) is 26.5 Å². The van der Waals surface area contributed by atoms with Gasteiger partial charge < -0.3 is 28.4 Å². The molecule has 8 heteroatoms. The Bertz CT molecular complexity index is 1460. The van der Waals surface area contributed by atoms with E-state index in [0.717, 1.165) is 29.2 Å². The monoisotopic (exact) mass is 526 g/mol. The molecular weight excluding hydrogens is 496 g/mol. The second kappa shape index (κ2) is 11.2. The van der Waals surface area contributed by atoms with E-state index in [1.54, 1.807) is 22.1 Å². The summed E-state index contributed by atoms with van der Waals surface area (Å²) >= 11 is 0. The highest BCUT2D eigenvalue weighted by Crippen LogP contribution is 2.33. The minimum Gasteiger partial charge on any atom is -0.467 e. The van der Waals surface area contributed by atoms with Crippen molar-refractivity contribution >= 4 is 22.6 Å². The van der Waals surface area contributed by atoms with E-state index in [1.807, 2.05) is 66.7 Å². The van der Waals surface area contributed by atoms with Crippen LogP contribution < -0.4 is 9.47 Å². The molecule has 3 aromatic carbocycles. The van der Waals surface area contributed by atoms with Gasteiger partial charge in [-0.15, -0.1) is 0 Å². The summed E-state index contributed by atoms with van der Waals surface area (Å²) < 4.78 is 22.4. The van der Waals surface area contributed by atoms with E-state index in [4.69, 9.17) is 18.6 Å². The highest BCUT2D eigenvalue weighted by molar-refractivity contribution is 6.07. The summed E-state index contributed by atoms with van der Waals surface area (Å²) in [5.74, 6) is 1.64. The molecule has 1 atom stereocenters. The minimum absolute atomic E-state index is 0.0762. The Morgan fingerprint density at radius 3 is 2.59 bits per heavy atom. The molecule has 2 amide bonds. The SMILES string of the molecule is O=C(CN(CC1CCCO1)C(=O)c1cccc2ccccc12)N(Cc1ccc2c(c1)OCO2)Cc1ccco1. The van der Waals surface area contributed by atoms with Gasteiger partial charge in [0, 0.05) is 25.3 Å². The average Bonchev–Trinajstić information content (AvgIpc) is 3.75. The van der Waals surface area contributed by atoms with Gasteiger partial charge in [-0.1, -0.05) is 42.5 Å². The zero-order valence-corrected chi connectivity index (χ0v) is 21.6. The molecule has 39 heavy (non-hydrogen) atoms. The standard InChI is InChI=1S/C31H30N2O6/c34-30(32(18-24-8-4-14-36-24)17-22-12-13-28-29(16-22)39-21-38-28)20-33(19-25-9-5-15-37-25)31(35)27-11-3-7-23-6-1-2-10-26(23)27/h1-4,6-8,10-14,16,25H,5,9,15,17-21H2. The van der Waals surface area contributed by atoms with Crippen LogP contribution in [0.25, 0.3) is 10.8 Å². The Hall–Kier alpha value is -4.30. The third kappa shape index (κ3) is 5.61. The number of ether oxygens (including phenoxy) is 3. The predicted octanol–water partition coefficient (Wildman–Crippen LogP) is 5.01. The molecule has 3 heterocycles. The number of hydrogen-bond acceptors (Lipinski definition) is 6. The lowest BCUT2D eigenvalue weighted by molar-refractivity contribution is -0.133. The largest absolute Gasteiger partial charge is 0.467 e. The van der Waals surface area contributed by atoms with Crippen LogP contribution in [-0.2, 0) is 22.6 Å². The summed E-state index contributed by atoms with van der Waals surface area (Å²) in [4.78, 5) is 31.2. The Kier molecular flexibility index (Phi) is 7.19. The molecule has 0 spiro atoms. The summed E-state index contributed by atoms with van der Waals surface area (Å²) in [6.07, 6.45) is 3.31. The van der Waals surface area contributed by atoms with Crippen LogP contribution in [0.3, 0.4) is 0 Å². The first-order valence-corrected chi connectivity index (χ1v) is 13.2. The van der Waals surface area contributed by atoms with E-state index >= 15 is 0 Å². The van der Waals surface area contributed by atoms with Crippen molar-refractivity contribution in [1.82, 2.24) is 9.80 Å². The second-order valence-corrected chi connectivity index (χ2v) is 9.86. The van der Waals surface area contributed by atoms with E-state index in [-0.39, 0.29) is 37.8 Å². The third-order valence-electron chi connectivity index (χ3n) is 7.17. The number of hydrogen-bond donors (Lipinski definition) is 0. The first-order chi connectivity index (χ1) is 19.1. The fraction of sp³-hybridized carbons (Fsp3) is 0.290. The predicted molar refractivity (Wildman–Crippen MR) is 144 cm³/mol. The van der Waals surface area contributed by atoms with Gasteiger partial charge in [-0.3, -0.25) is 9.59 Å². The number of carbonyl (C=O) groups excluding carboxylic acids is 2. The summed E-state index contributed by atoms with van der Waals surface area (Å²) in [7, 11) is 0. The summed E-state index contributed by atoms with van der Waals surface area (Å²) in [6.45, 7) is 1.73. The Morgan fingerprint density at radius 2 is 1.74 bits per heavy atom. The number of rotatable bonds is 9. The van der Waals surface area contributed by atoms with Crippen molar-refractivity contribution in [3.8, 4) is 11.5 Å². The van der Waals surface area contributed by atoms with Crippen LogP contribution in [0.5, 0.6) is 11.5 Å². The zero-order valence-electron chi connectivity index (χ0n) is 21.6. The van der Waals surface area contributed by atoms with Gasteiger partial charge >= 0.3 is 0 Å². The number of amides is 2. The smallest absolute Gasteiger partial charge is 0.255 e. The maximum absolute atomic E-state index is 14.0. The molecule has 0 saturated carbocycles. The van der Waals surface area contributed by atoms with Crippen molar-refractivity contribution in [2.24, 2.45) is 0 Å². The molecule has 1 unspecified atom stereocenters. The Morgan fingerprint density at radius 1 is 0.872 bits per heavy atom. The van der Waals surface area contributed by atoms with Crippen LogP contribution in [0.1, 0.15) is 34.5 Å². The van der Waals surface area contributed by atoms with Crippen LogP contribution in [0.4, 0.5) is 0 Å². The molecule has 0 aliphatic carbocycles. The topological polar surface area (TPSA) is 81.5 Å². The van der Waals surface area contributed by atoms with Gasteiger partial charge in [0.1, 0.15) is 12.3 Å². The maximum Gasteiger partial charge on any atom is 0.255 e. The summed E-state index contributed by atoms with van der Waals surface area (Å²) in [6, 6.07) is 22.8. The van der Waals surface area contributed by atoms with Gasteiger partial charge in [-0.25, -0.2) is 0 Å². The maximum atomic E-state index is 14.0. The van der Waals surface area contributed by atoms with Crippen molar-refractivity contribution < 1.29 is 28.2 Å². The lowest BCUT2D eigenvalue weighted by Crippen LogP contribution is -2.45. The molecule has 6 rings (SSSR count). The molecule has 1 saturated heterocycles. The molecule has 1 aromatic heterocycles. The zero-order chi connectivity index (χ0) is 26.6. The lowest BCUT2D eigenvalue weighted by Gasteiger charge is -2.29. The molecule has 0 bridgehead atoms. The molecule has 200 valence electrons. The third-order valence-corrected chi connectivity index (χ3v) is 7.17. The average molecular weight is 527 g/mol. The van der Waals surface area contributed by atoms with Crippen molar-refractivity contribution in [3.05, 3.63) is 95.9 Å². The minimum atomic E-state index is -0.185. The molecule has 2 aliphatic heterocycles. The Labute approximate surface area is 226 Å². The van der Waals surface area contributed by atoms with Gasteiger partial charge in [0.15, 0.2) is 11.5 Å². The molecule has 0 radical (unpaired) electrons. The highest BCUT2D eigenvalue weighted by atomic mass is 16.7.